The van der Waals surface area contributed by atoms with E-state index >= 15 is 0 Å². The molecule has 1 N–H and O–H groups in total. The number of aromatic nitrogens is 2. The first-order valence-corrected chi connectivity index (χ1v) is 8.07. The van der Waals surface area contributed by atoms with Crippen molar-refractivity contribution in [1.29, 1.82) is 0 Å². The second-order valence-electron chi connectivity index (χ2n) is 5.90. The first-order chi connectivity index (χ1) is 11.9. The second-order valence-corrected chi connectivity index (χ2v) is 5.90. The van der Waals surface area contributed by atoms with E-state index in [1.165, 1.54) is 6.92 Å². The molecule has 0 unspecified atom stereocenters. The average molecular weight is 345 g/mol. The van der Waals surface area contributed by atoms with Gasteiger partial charge >= 0.3 is 5.97 Å². The summed E-state index contributed by atoms with van der Waals surface area (Å²) in [5.41, 5.74) is 0.788. The number of hydrogen-bond donors (Lipinski definition) is 1. The number of carbonyl (C=O) groups is 2. The fraction of sp³-hybridized carbons (Fsp3) is 0.389. The molecule has 0 fully saturated rings. The number of esters is 1. The van der Waals surface area contributed by atoms with Crippen LogP contribution >= 0.6 is 0 Å². The number of ether oxygens (including phenoxy) is 2. The Bertz CT molecular complexity index is 722. The average Bonchev–Trinajstić information content (AvgIpc) is 3.03. The minimum Gasteiger partial charge on any atom is -0.497 e. The predicted molar refractivity (Wildman–Crippen MR) is 93.5 cm³/mol. The van der Waals surface area contributed by atoms with Crippen molar-refractivity contribution in [2.45, 2.75) is 39.3 Å². The Labute approximate surface area is 146 Å². The van der Waals surface area contributed by atoms with Gasteiger partial charge in [0, 0.05) is 12.1 Å². The molecule has 0 radical (unpaired) electrons. The number of nitrogens with zero attached hydrogens (tertiary/aromatic N) is 2. The van der Waals surface area contributed by atoms with Crippen LogP contribution in [0.15, 0.2) is 36.5 Å². The lowest BCUT2D eigenvalue weighted by Crippen LogP contribution is -2.31. The highest BCUT2D eigenvalue weighted by Gasteiger charge is 2.20. The molecule has 134 valence electrons. The number of amides is 1. The largest absolute Gasteiger partial charge is 0.497 e. The van der Waals surface area contributed by atoms with Crippen LogP contribution < -0.4 is 10.1 Å². The number of hydrogen-bond acceptors (Lipinski definition) is 5. The van der Waals surface area contributed by atoms with Gasteiger partial charge in [-0.1, -0.05) is 12.1 Å². The van der Waals surface area contributed by atoms with E-state index in [1.54, 1.807) is 48.3 Å². The zero-order valence-electron chi connectivity index (χ0n) is 14.9. The first kappa shape index (κ1) is 18.5. The number of methoxy groups -OCH3 is 1. The third-order valence-corrected chi connectivity index (χ3v) is 3.60. The summed E-state index contributed by atoms with van der Waals surface area (Å²) in [5, 5.41) is 6.87. The molecule has 0 saturated carbocycles. The minimum atomic E-state index is -0.902. The number of nitrogens with one attached hydrogen (secondary N) is 1. The smallest absolute Gasteiger partial charge is 0.311 e. The van der Waals surface area contributed by atoms with Crippen molar-refractivity contribution in [2.24, 2.45) is 0 Å². The molecule has 25 heavy (non-hydrogen) atoms. The number of anilines is 1. The van der Waals surface area contributed by atoms with E-state index in [1.807, 2.05) is 13.8 Å². The number of carbonyl (C=O) groups excluding carboxylic acids is 2. The molecule has 2 rings (SSSR count). The fourth-order valence-electron chi connectivity index (χ4n) is 2.26. The zero-order chi connectivity index (χ0) is 18.4. The van der Waals surface area contributed by atoms with Gasteiger partial charge in [0.25, 0.3) is 5.91 Å². The van der Waals surface area contributed by atoms with Gasteiger partial charge in [0.1, 0.15) is 11.6 Å². The lowest BCUT2D eigenvalue weighted by Gasteiger charge is -2.15. The van der Waals surface area contributed by atoms with Gasteiger partial charge in [-0.25, -0.2) is 4.68 Å². The van der Waals surface area contributed by atoms with Crippen LogP contribution in [0.3, 0.4) is 0 Å². The van der Waals surface area contributed by atoms with Crippen LogP contribution in [0.4, 0.5) is 5.82 Å². The van der Waals surface area contributed by atoms with E-state index in [2.05, 4.69) is 10.4 Å². The molecule has 1 aromatic heterocycles. The highest BCUT2D eigenvalue weighted by molar-refractivity contribution is 5.94. The first-order valence-electron chi connectivity index (χ1n) is 8.07. The van der Waals surface area contributed by atoms with Gasteiger partial charge in [-0.2, -0.15) is 5.10 Å². The molecule has 1 atom stereocenters. The van der Waals surface area contributed by atoms with Gasteiger partial charge in [-0.15, -0.1) is 0 Å². The summed E-state index contributed by atoms with van der Waals surface area (Å²) >= 11 is 0. The molecule has 0 bridgehead atoms. The van der Waals surface area contributed by atoms with Gasteiger partial charge in [-0.3, -0.25) is 9.59 Å². The summed E-state index contributed by atoms with van der Waals surface area (Å²) in [4.78, 5) is 24.2. The van der Waals surface area contributed by atoms with Crippen molar-refractivity contribution >= 4 is 17.7 Å². The van der Waals surface area contributed by atoms with Crippen LogP contribution in [0.1, 0.15) is 32.4 Å². The quantitative estimate of drug-likeness (QED) is 0.780. The molecule has 1 amide bonds. The molecule has 7 heteroatoms. The standard InChI is InChI=1S/C18H23N3O4/c1-12(2)21-16(9-10-19-21)20-18(23)13(3)25-17(22)11-14-5-7-15(24-4)8-6-14/h5-10,12-13H,11H2,1-4H3,(H,20,23)/t13-/m1/s1. The molecular formula is C18H23N3O4. The summed E-state index contributed by atoms with van der Waals surface area (Å²) in [6.07, 6.45) is 0.794. The van der Waals surface area contributed by atoms with E-state index in [-0.39, 0.29) is 12.5 Å². The second kappa shape index (κ2) is 8.32. The van der Waals surface area contributed by atoms with E-state index in [9.17, 15) is 9.59 Å². The summed E-state index contributed by atoms with van der Waals surface area (Å²) in [6, 6.07) is 8.91. The van der Waals surface area contributed by atoms with Gasteiger partial charge < -0.3 is 14.8 Å². The lowest BCUT2D eigenvalue weighted by atomic mass is 10.1. The van der Waals surface area contributed by atoms with E-state index in [0.717, 1.165) is 5.56 Å². The maximum atomic E-state index is 12.2. The SMILES string of the molecule is COc1ccc(CC(=O)O[C@H](C)C(=O)Nc2ccnn2C(C)C)cc1. The van der Waals surface area contributed by atoms with Gasteiger partial charge in [0.15, 0.2) is 6.10 Å². The van der Waals surface area contributed by atoms with Crippen LogP contribution in [0, 0.1) is 0 Å². The van der Waals surface area contributed by atoms with Crippen molar-refractivity contribution in [1.82, 2.24) is 9.78 Å². The maximum absolute atomic E-state index is 12.2. The van der Waals surface area contributed by atoms with Crippen LogP contribution in [-0.4, -0.2) is 34.9 Å². The Kier molecular flexibility index (Phi) is 6.16. The van der Waals surface area contributed by atoms with Gasteiger partial charge in [-0.05, 0) is 38.5 Å². The molecule has 7 nitrogen and oxygen atoms in total. The van der Waals surface area contributed by atoms with Gasteiger partial charge in [0.2, 0.25) is 0 Å². The highest BCUT2D eigenvalue weighted by atomic mass is 16.5. The summed E-state index contributed by atoms with van der Waals surface area (Å²) < 4.78 is 12.0. The number of rotatable bonds is 7. The number of benzene rings is 1. The Hall–Kier alpha value is -2.83. The third kappa shape index (κ3) is 5.07. The molecular weight excluding hydrogens is 322 g/mol. The van der Waals surface area contributed by atoms with Crippen molar-refractivity contribution in [2.75, 3.05) is 12.4 Å². The zero-order valence-corrected chi connectivity index (χ0v) is 14.9. The molecule has 0 saturated heterocycles. The minimum absolute atomic E-state index is 0.0888. The van der Waals surface area contributed by atoms with Crippen molar-refractivity contribution in [3.63, 3.8) is 0 Å². The molecule has 1 heterocycles. The molecule has 0 aliphatic heterocycles. The Morgan fingerprint density at radius 3 is 2.44 bits per heavy atom. The fourth-order valence-corrected chi connectivity index (χ4v) is 2.26. The van der Waals surface area contributed by atoms with Crippen LogP contribution in [-0.2, 0) is 20.7 Å². The lowest BCUT2D eigenvalue weighted by molar-refractivity contribution is -0.152. The van der Waals surface area contributed by atoms with Crippen molar-refractivity contribution in [3.8, 4) is 5.75 Å². The summed E-state index contributed by atoms with van der Waals surface area (Å²) in [6.45, 7) is 5.46. The molecule has 2 aromatic rings. The highest BCUT2D eigenvalue weighted by Crippen LogP contribution is 2.14. The molecule has 0 aliphatic rings. The molecule has 1 aromatic carbocycles. The maximum Gasteiger partial charge on any atom is 0.311 e. The Morgan fingerprint density at radius 1 is 1.16 bits per heavy atom. The van der Waals surface area contributed by atoms with E-state index in [4.69, 9.17) is 9.47 Å². The summed E-state index contributed by atoms with van der Waals surface area (Å²) in [7, 11) is 1.58. The Balaban J connectivity index is 1.89. The van der Waals surface area contributed by atoms with E-state index in [0.29, 0.717) is 11.6 Å². The molecule has 0 aliphatic carbocycles. The third-order valence-electron chi connectivity index (χ3n) is 3.60. The molecule has 0 spiro atoms. The van der Waals surface area contributed by atoms with Crippen LogP contribution in [0.25, 0.3) is 0 Å². The summed E-state index contributed by atoms with van der Waals surface area (Å²) in [5.74, 6) is 0.417. The predicted octanol–water partition coefficient (Wildman–Crippen LogP) is 2.59. The topological polar surface area (TPSA) is 82.4 Å². The monoisotopic (exact) mass is 345 g/mol. The normalized spacial score (nSPS) is 11.9. The van der Waals surface area contributed by atoms with Crippen LogP contribution in [0.5, 0.6) is 5.75 Å². The van der Waals surface area contributed by atoms with Crippen molar-refractivity contribution in [3.05, 3.63) is 42.1 Å². The van der Waals surface area contributed by atoms with Crippen molar-refractivity contribution < 1.29 is 19.1 Å². The van der Waals surface area contributed by atoms with Crippen LogP contribution in [0.2, 0.25) is 0 Å². The van der Waals surface area contributed by atoms with Gasteiger partial charge in [0.05, 0.1) is 19.7 Å². The Morgan fingerprint density at radius 2 is 1.84 bits per heavy atom. The van der Waals surface area contributed by atoms with E-state index < -0.39 is 18.0 Å².